The summed E-state index contributed by atoms with van der Waals surface area (Å²) in [6.45, 7) is -1.26. The van der Waals surface area contributed by atoms with Crippen molar-refractivity contribution < 1.29 is 41.0 Å². The lowest BCUT2D eigenvalue weighted by Crippen LogP contribution is -2.54. The maximum atomic E-state index is 13.8. The Hall–Kier alpha value is -3.46. The molecule has 14 heteroatoms. The molecule has 0 aromatic heterocycles. The Balaban J connectivity index is 1.76. The number of amides is 1. The molecule has 230 valence electrons. The van der Waals surface area contributed by atoms with Crippen molar-refractivity contribution in [2.45, 2.75) is 35.6 Å². The minimum Gasteiger partial charge on any atom is -0.494 e. The van der Waals surface area contributed by atoms with E-state index in [0.29, 0.717) is 34.4 Å². The molecular formula is C29H29BrF3N3O6S. The lowest BCUT2D eigenvalue weighted by atomic mass is 9.85. The van der Waals surface area contributed by atoms with Gasteiger partial charge in [-0.25, -0.2) is 18.8 Å². The topological polar surface area (TPSA) is 126 Å². The molecule has 0 spiro atoms. The van der Waals surface area contributed by atoms with Crippen molar-refractivity contribution in [1.82, 2.24) is 10.9 Å². The summed E-state index contributed by atoms with van der Waals surface area (Å²) in [5.41, 5.74) is 2.84. The molecule has 1 aliphatic rings. The first-order valence-corrected chi connectivity index (χ1v) is 15.6. The third-order valence-corrected chi connectivity index (χ3v) is 9.02. The lowest BCUT2D eigenvalue weighted by molar-refractivity contribution is -0.136. The molecule has 0 saturated carbocycles. The molecule has 0 saturated heterocycles. The second-order valence-corrected chi connectivity index (χ2v) is 12.6. The van der Waals surface area contributed by atoms with Gasteiger partial charge in [-0.15, -0.1) is 0 Å². The van der Waals surface area contributed by atoms with E-state index in [1.165, 1.54) is 12.1 Å². The largest absolute Gasteiger partial charge is 0.494 e. The Labute approximate surface area is 255 Å². The molecule has 43 heavy (non-hydrogen) atoms. The van der Waals surface area contributed by atoms with Crippen molar-refractivity contribution in [2.75, 3.05) is 25.5 Å². The number of hydrogen-bond donors (Lipinski definition) is 3. The molecule has 0 unspecified atom stereocenters. The molecule has 3 aromatic rings. The van der Waals surface area contributed by atoms with Gasteiger partial charge in [0.15, 0.2) is 21.5 Å². The van der Waals surface area contributed by atoms with Crippen molar-refractivity contribution in [3.8, 4) is 5.75 Å². The van der Waals surface area contributed by atoms with Crippen LogP contribution >= 0.6 is 15.9 Å². The van der Waals surface area contributed by atoms with Crippen LogP contribution in [0, 0.1) is 0 Å². The average Bonchev–Trinajstić information content (AvgIpc) is 3.37. The summed E-state index contributed by atoms with van der Waals surface area (Å²) in [6.07, 6.45) is -5.81. The van der Waals surface area contributed by atoms with Gasteiger partial charge in [0.25, 0.3) is 5.91 Å². The van der Waals surface area contributed by atoms with Crippen LogP contribution in [0.15, 0.2) is 93.2 Å². The second kappa shape index (κ2) is 13.9. The summed E-state index contributed by atoms with van der Waals surface area (Å²) in [4.78, 5) is 18.4. The Kier molecular flexibility index (Phi) is 10.5. The van der Waals surface area contributed by atoms with Gasteiger partial charge >= 0.3 is 6.18 Å². The van der Waals surface area contributed by atoms with Crippen molar-refractivity contribution >= 4 is 37.6 Å². The van der Waals surface area contributed by atoms with E-state index in [2.05, 4.69) is 26.3 Å². The first-order chi connectivity index (χ1) is 20.4. The molecule has 1 aliphatic heterocycles. The molecule has 0 bridgehead atoms. The zero-order valence-electron chi connectivity index (χ0n) is 22.7. The standard InChI is InChI=1S/C29H29BrF3N3O6S/c30-24-10-5-4-9-23(24)25-28(27(38)36-34-19-29(31,32)33,15-18-43(39,40)22-7-2-1-3-8-22)35-26(42-25)20-11-13-21(14-12-20)41-17-6-16-37/h1-5,7-14,25,34,37H,6,15-19H2,(H,36,38)/t25-,28-/m0/s1. The summed E-state index contributed by atoms with van der Waals surface area (Å²) < 4.78 is 77.6. The second-order valence-electron chi connectivity index (χ2n) is 9.62. The van der Waals surface area contributed by atoms with E-state index >= 15 is 0 Å². The van der Waals surface area contributed by atoms with Crippen LogP contribution in [0.4, 0.5) is 13.2 Å². The molecule has 2 atom stereocenters. The van der Waals surface area contributed by atoms with Crippen LogP contribution in [-0.2, 0) is 19.4 Å². The van der Waals surface area contributed by atoms with Crippen LogP contribution in [0.3, 0.4) is 0 Å². The van der Waals surface area contributed by atoms with Gasteiger partial charge in [-0.3, -0.25) is 10.2 Å². The number of hydrazine groups is 1. The minimum atomic E-state index is -4.62. The molecular weight excluding hydrogens is 655 g/mol. The first-order valence-electron chi connectivity index (χ1n) is 13.2. The third kappa shape index (κ3) is 8.13. The predicted molar refractivity (Wildman–Crippen MR) is 156 cm³/mol. The van der Waals surface area contributed by atoms with E-state index < -0.39 is 52.3 Å². The zero-order valence-corrected chi connectivity index (χ0v) is 25.1. The number of aliphatic hydroxyl groups excluding tert-OH is 1. The zero-order chi connectivity index (χ0) is 31.1. The Morgan fingerprint density at radius 3 is 2.37 bits per heavy atom. The van der Waals surface area contributed by atoms with Crippen LogP contribution < -0.4 is 15.6 Å². The normalized spacial score (nSPS) is 18.5. The number of sulfone groups is 1. The fraction of sp³-hybridized carbons (Fsp3) is 0.310. The van der Waals surface area contributed by atoms with Gasteiger partial charge in [0.2, 0.25) is 5.90 Å². The number of ether oxygens (including phenoxy) is 2. The number of aliphatic hydroxyl groups is 1. The quantitative estimate of drug-likeness (QED) is 0.179. The number of halogens is 4. The summed E-state index contributed by atoms with van der Waals surface area (Å²) in [5, 5.41) is 8.97. The van der Waals surface area contributed by atoms with Gasteiger partial charge in [0.1, 0.15) is 12.3 Å². The summed E-state index contributed by atoms with van der Waals surface area (Å²) in [5.74, 6) is -1.06. The average molecular weight is 685 g/mol. The number of nitrogens with one attached hydrogen (secondary N) is 2. The fourth-order valence-corrected chi connectivity index (χ4v) is 6.28. The van der Waals surface area contributed by atoms with Crippen LogP contribution in [-0.4, -0.2) is 62.6 Å². The molecule has 1 amide bonds. The monoisotopic (exact) mass is 683 g/mol. The van der Waals surface area contributed by atoms with E-state index in [4.69, 9.17) is 14.6 Å². The number of carbonyl (C=O) groups excluding carboxylic acids is 1. The molecule has 0 fully saturated rings. The summed E-state index contributed by atoms with van der Waals surface area (Å²) in [7, 11) is -3.93. The highest BCUT2D eigenvalue weighted by atomic mass is 79.9. The lowest BCUT2D eigenvalue weighted by Gasteiger charge is -2.31. The summed E-state index contributed by atoms with van der Waals surface area (Å²) >= 11 is 3.45. The van der Waals surface area contributed by atoms with Crippen LogP contribution in [0.1, 0.15) is 30.1 Å². The Bertz CT molecular complexity index is 1540. The highest BCUT2D eigenvalue weighted by molar-refractivity contribution is 9.10. The highest BCUT2D eigenvalue weighted by Crippen LogP contribution is 2.45. The van der Waals surface area contributed by atoms with E-state index in [-0.39, 0.29) is 17.4 Å². The van der Waals surface area contributed by atoms with E-state index in [0.717, 1.165) is 0 Å². The van der Waals surface area contributed by atoms with Gasteiger partial charge in [0.05, 0.1) is 17.3 Å². The van der Waals surface area contributed by atoms with Gasteiger partial charge in [-0.2, -0.15) is 13.2 Å². The number of benzene rings is 3. The Morgan fingerprint density at radius 2 is 1.72 bits per heavy atom. The summed E-state index contributed by atoms with van der Waals surface area (Å²) in [6, 6.07) is 20.9. The highest BCUT2D eigenvalue weighted by Gasteiger charge is 2.54. The molecule has 3 aromatic carbocycles. The van der Waals surface area contributed by atoms with Crippen LogP contribution in [0.2, 0.25) is 0 Å². The van der Waals surface area contributed by atoms with Gasteiger partial charge < -0.3 is 14.6 Å². The van der Waals surface area contributed by atoms with Crippen molar-refractivity contribution in [2.24, 2.45) is 4.99 Å². The Morgan fingerprint density at radius 1 is 1.05 bits per heavy atom. The van der Waals surface area contributed by atoms with Crippen molar-refractivity contribution in [3.63, 3.8) is 0 Å². The number of carbonyl (C=O) groups is 1. The predicted octanol–water partition coefficient (Wildman–Crippen LogP) is 4.51. The van der Waals surface area contributed by atoms with Crippen molar-refractivity contribution in [1.29, 1.82) is 0 Å². The molecule has 3 N–H and O–H groups in total. The molecule has 4 rings (SSSR count). The molecule has 0 radical (unpaired) electrons. The van der Waals surface area contributed by atoms with E-state index in [1.807, 2.05) is 5.43 Å². The molecule has 9 nitrogen and oxygen atoms in total. The first kappa shape index (κ1) is 32.5. The van der Waals surface area contributed by atoms with E-state index in [9.17, 15) is 26.4 Å². The number of hydrogen-bond acceptors (Lipinski definition) is 8. The number of alkyl halides is 3. The fourth-order valence-electron chi connectivity index (χ4n) is 4.40. The third-order valence-electron chi connectivity index (χ3n) is 6.56. The van der Waals surface area contributed by atoms with Crippen molar-refractivity contribution in [3.05, 3.63) is 94.5 Å². The minimum absolute atomic E-state index is 0.00857. The van der Waals surface area contributed by atoms with E-state index in [1.54, 1.807) is 66.7 Å². The molecule has 0 aliphatic carbocycles. The number of rotatable bonds is 13. The SMILES string of the molecule is O=C(NNCC(F)(F)F)[C@@]1(CCS(=O)(=O)c2ccccc2)N=C(c2ccc(OCCCO)cc2)O[C@H]1c1ccccc1Br. The molecule has 1 heterocycles. The van der Waals surface area contributed by atoms with Gasteiger partial charge in [0, 0.05) is 35.0 Å². The number of nitrogens with zero attached hydrogens (tertiary/aromatic N) is 1. The van der Waals surface area contributed by atoms with Crippen LogP contribution in [0.25, 0.3) is 0 Å². The maximum Gasteiger partial charge on any atom is 0.402 e. The smallest absolute Gasteiger partial charge is 0.402 e. The van der Waals surface area contributed by atoms with Crippen LogP contribution in [0.5, 0.6) is 5.75 Å². The van der Waals surface area contributed by atoms with Gasteiger partial charge in [-0.1, -0.05) is 52.3 Å². The number of aliphatic imine (C=N–C) groups is 1. The van der Waals surface area contributed by atoms with Gasteiger partial charge in [-0.05, 0) is 42.5 Å². The maximum absolute atomic E-state index is 13.8.